The van der Waals surface area contributed by atoms with E-state index in [1.54, 1.807) is 11.1 Å². The monoisotopic (exact) mass is 1800 g/mol. The van der Waals surface area contributed by atoms with E-state index in [2.05, 4.69) is 285 Å². The van der Waals surface area contributed by atoms with Gasteiger partial charge in [0, 0.05) is 42.9 Å². The van der Waals surface area contributed by atoms with Crippen LogP contribution in [0.2, 0.25) is 47.3 Å². The number of halogens is 4. The Morgan fingerprint density at radius 2 is 0.570 bits per heavy atom. The summed E-state index contributed by atoms with van der Waals surface area (Å²) in [5, 5.41) is 0. The minimum absolute atomic E-state index is 0. The van der Waals surface area contributed by atoms with Gasteiger partial charge in [0.15, 0.2) is 0 Å². The second-order valence-corrected chi connectivity index (χ2v) is 55.4. The Balaban J connectivity index is 0.000000237. The number of hydrogen-bond donors (Lipinski definition) is 0. The van der Waals surface area contributed by atoms with E-state index in [4.69, 9.17) is 43.5 Å². The maximum atomic E-state index is 6.15. The number of fused-ring (bicyclic) bond motifs is 12. The molecule has 2 nitrogen and oxygen atoms in total. The predicted octanol–water partition coefficient (Wildman–Crippen LogP) is 31.0. The van der Waals surface area contributed by atoms with Gasteiger partial charge in [-0.25, -0.2) is 0 Å². The zero-order valence-corrected chi connectivity index (χ0v) is 81.9. The molecule has 14 aliphatic carbocycles. The zero-order valence-electron chi connectivity index (χ0n) is 71.9. The molecule has 0 bridgehead atoms. The number of allylic oxidation sites excluding steroid dienone is 32. The molecule has 0 radical (unpaired) electrons. The number of hydrogen-bond acceptors (Lipinski definition) is 2. The molecule has 612 valence electrons. The zero-order chi connectivity index (χ0) is 76.8. The van der Waals surface area contributed by atoms with Crippen LogP contribution >= 0.6 is 34.1 Å². The van der Waals surface area contributed by atoms with Crippen molar-refractivity contribution in [2.75, 3.05) is 13.2 Å². The number of ether oxygens (including phenoxy) is 2. The van der Waals surface area contributed by atoms with Gasteiger partial charge in [0.1, 0.15) is 0 Å². The van der Waals surface area contributed by atoms with E-state index >= 15 is 0 Å². The van der Waals surface area contributed by atoms with Gasteiger partial charge in [0.2, 0.25) is 0 Å². The molecule has 10 heteroatoms. The van der Waals surface area contributed by atoms with Gasteiger partial charge >= 0.3 is 75.7 Å². The maximum absolute atomic E-state index is 6.15. The third-order valence-electron chi connectivity index (χ3n) is 29.4. The van der Waals surface area contributed by atoms with Crippen molar-refractivity contribution in [3.63, 3.8) is 0 Å². The minimum atomic E-state index is -2.02. The topological polar surface area (TPSA) is 18.5 Å². The molecule has 6 saturated carbocycles. The van der Waals surface area contributed by atoms with E-state index < -0.39 is 57.8 Å². The van der Waals surface area contributed by atoms with Crippen molar-refractivity contribution in [1.29, 1.82) is 0 Å². The average molecular weight is 1810 g/mol. The molecule has 0 saturated heterocycles. The van der Waals surface area contributed by atoms with Gasteiger partial charge in [0.25, 0.3) is 0 Å². The van der Waals surface area contributed by atoms with Crippen molar-refractivity contribution in [1.82, 2.24) is 0 Å². The van der Waals surface area contributed by atoms with Gasteiger partial charge in [0.05, 0.1) is 27.3 Å². The first-order valence-corrected chi connectivity index (χ1v) is 62.0. The second-order valence-electron chi connectivity index (χ2n) is 38.3. The molecular weight excluding hydrogens is 1660 g/mol. The van der Waals surface area contributed by atoms with Crippen LogP contribution in [-0.4, -0.2) is 40.6 Å². The van der Waals surface area contributed by atoms with E-state index in [1.165, 1.54) is 150 Å². The Hall–Kier alpha value is -2.96. The Kier molecular flexibility index (Phi) is 37.2. The molecule has 6 fully saturated rings. The van der Waals surface area contributed by atoms with Gasteiger partial charge < -0.3 is 9.47 Å². The molecule has 0 heterocycles. The molecule has 2 aromatic rings. The first-order chi connectivity index (χ1) is 53.4. The molecule has 2 aromatic carbocycles. The first kappa shape index (κ1) is 94.9. The van der Waals surface area contributed by atoms with Crippen LogP contribution < -0.4 is 0 Å². The van der Waals surface area contributed by atoms with Crippen molar-refractivity contribution in [2.24, 2.45) is 107 Å². The average Bonchev–Trinajstić information content (AvgIpc) is 1.55. The fourth-order valence-corrected chi connectivity index (χ4v) is 39.0. The van der Waals surface area contributed by atoms with E-state index in [-0.39, 0.29) is 40.9 Å². The first-order valence-electron chi connectivity index (χ1n) is 43.6. The number of rotatable bonds is 26. The summed E-state index contributed by atoms with van der Waals surface area (Å²) in [4.78, 5) is 0. The van der Waals surface area contributed by atoms with Crippen molar-refractivity contribution in [2.45, 2.75) is 229 Å². The molecule has 0 N–H and O–H groups in total. The van der Waals surface area contributed by atoms with E-state index in [1.807, 2.05) is 0 Å². The fourth-order valence-electron chi connectivity index (χ4n) is 25.2. The molecular formula is C104H144Cl4O2Si2Zr2+4. The van der Waals surface area contributed by atoms with Crippen LogP contribution in [0.1, 0.15) is 168 Å². The van der Waals surface area contributed by atoms with Crippen LogP contribution in [0.15, 0.2) is 253 Å². The quantitative estimate of drug-likeness (QED) is 0.0531. The Bertz CT molecular complexity index is 3630. The summed E-state index contributed by atoms with van der Waals surface area (Å²) in [6.45, 7) is 20.8. The van der Waals surface area contributed by atoms with Gasteiger partial charge in [-0.1, -0.05) is 357 Å². The second kappa shape index (κ2) is 44.7. The standard InChI is InChI=1S/C51H62OSi.C49H70OSi.4CH3.4ClH.2Zr/c1-51(2,3)52-31-17-5-6-18-32-53(4,49-45-25-15-13-23-41(45)43-29-27-39(35-47(43)49)33-37-19-9-7-10-20-37)50-46-26-16-14-24-42(46)44-30-28-40(36-48(44)50)34-38-21-11-8-12-22-38;1-49(2,3)50-29-15-5-6-16-30-51(4,47-43-23-13-11-21-39(43)41-27-25-37(33-45(41)47)31-35-17-7-8-18-35)48-44-24-14-12-22-40(44)42-28-26-38(34-46(42)48)32-36-19-9-10-20-36;;;;;;;;;;/h7-16,19-30,35-36,41-50H,5-6,17-18,31-34H2,1-4H3;11-14,21-28,33-36,39-48H,5-10,15-20,29-32H2,1-4H3;4*1H3;4*1H;;/q;;4*+1;;;;;2*+2/p-4. The molecule has 0 aliphatic heterocycles. The molecule has 20 atom stereocenters. The molecule has 0 aromatic heterocycles. The summed E-state index contributed by atoms with van der Waals surface area (Å²) in [5.74, 6) is 12.1. The van der Waals surface area contributed by atoms with Crippen LogP contribution in [0.5, 0.6) is 0 Å². The Morgan fingerprint density at radius 3 is 0.851 bits per heavy atom. The molecule has 14 aliphatic rings. The van der Waals surface area contributed by atoms with E-state index in [9.17, 15) is 0 Å². The van der Waals surface area contributed by atoms with Crippen LogP contribution in [0.3, 0.4) is 0 Å². The number of benzene rings is 2. The summed E-state index contributed by atoms with van der Waals surface area (Å²) < 4.78 is 12.3. The van der Waals surface area contributed by atoms with Gasteiger partial charge in [-0.05, 0) is 231 Å². The van der Waals surface area contributed by atoms with Gasteiger partial charge in [-0.3, -0.25) is 0 Å². The molecule has 20 unspecified atom stereocenters. The fraction of sp³-hybridized carbons (Fsp3) is 0.538. The molecule has 114 heavy (non-hydrogen) atoms. The van der Waals surface area contributed by atoms with Crippen molar-refractivity contribution in [3.8, 4) is 0 Å². The van der Waals surface area contributed by atoms with Crippen molar-refractivity contribution >= 4 is 50.2 Å². The summed E-state index contributed by atoms with van der Waals surface area (Å²) >= 11 is -1.65. The number of unbranched alkanes of at least 4 members (excludes halogenated alkanes) is 6. The molecule has 16 rings (SSSR count). The Morgan fingerprint density at radius 1 is 0.325 bits per heavy atom. The van der Waals surface area contributed by atoms with E-state index in [0.29, 0.717) is 94.7 Å². The van der Waals surface area contributed by atoms with Crippen LogP contribution in [0, 0.1) is 136 Å². The summed E-state index contributed by atoms with van der Waals surface area (Å²) in [5.41, 5.74) is 12.3. The van der Waals surface area contributed by atoms with E-state index in [0.717, 1.165) is 60.1 Å². The van der Waals surface area contributed by atoms with Crippen LogP contribution in [-0.2, 0) is 64.0 Å². The Labute approximate surface area is 736 Å². The third kappa shape index (κ3) is 23.0. The van der Waals surface area contributed by atoms with Gasteiger partial charge in [-0.15, -0.1) is 0 Å². The summed E-state index contributed by atoms with van der Waals surface area (Å²) in [7, 11) is 15.8. The molecule has 0 spiro atoms. The van der Waals surface area contributed by atoms with Gasteiger partial charge in [-0.2, -0.15) is 0 Å². The van der Waals surface area contributed by atoms with Crippen LogP contribution in [0.4, 0.5) is 0 Å². The molecule has 0 amide bonds. The van der Waals surface area contributed by atoms with Crippen LogP contribution in [0.25, 0.3) is 0 Å². The third-order valence-corrected chi connectivity index (χ3v) is 41.4. The summed E-state index contributed by atoms with van der Waals surface area (Å²) in [6, 6.07) is 25.2. The van der Waals surface area contributed by atoms with Crippen molar-refractivity contribution in [3.05, 3.63) is 294 Å². The summed E-state index contributed by atoms with van der Waals surface area (Å²) in [6.07, 6.45) is 99.4. The predicted molar refractivity (Wildman–Crippen MR) is 497 cm³/mol. The normalized spacial score (nSPS) is 32.7. The van der Waals surface area contributed by atoms with Crippen molar-refractivity contribution < 1.29 is 51.2 Å². The SMILES string of the molecule is CC(C)(C)OCCCCCC[Si](C)(C1C2C=CC=CC2C2C=CC(CC3CCCC3)=CC21)C1C2C=CC=CC2C2C=CC(CC3CCCC3)=CC21.CC(C)(C)OCCCCCC[Si](C)(C1C2C=CC=CC2C2C=CC(Cc3ccccc3)=CC21)C1C2C=CC=CC2C2C=CC(Cc3ccccc3)=CC21.[CH3+].[CH3+].[CH3+].[CH3+].[Cl][Zr][Cl].[Cl][Zr][Cl].